The number of ether oxygens (including phenoxy) is 1. The fraction of sp³-hybridized carbons (Fsp3) is 0.333. The molecule has 0 aliphatic heterocycles. The van der Waals surface area contributed by atoms with Gasteiger partial charge in [0.05, 0.1) is 22.9 Å². The van der Waals surface area contributed by atoms with Gasteiger partial charge in [-0.15, -0.1) is 0 Å². The molecule has 158 valence electrons. The molecule has 1 aliphatic rings. The molecule has 1 aromatic heterocycles. The van der Waals surface area contributed by atoms with Crippen molar-refractivity contribution >= 4 is 17.3 Å². The Labute approximate surface area is 170 Å². The summed E-state index contributed by atoms with van der Waals surface area (Å²) < 4.78 is 43.2. The van der Waals surface area contributed by atoms with Gasteiger partial charge in [-0.1, -0.05) is 17.3 Å². The van der Waals surface area contributed by atoms with E-state index in [9.17, 15) is 22.8 Å². The fourth-order valence-electron chi connectivity index (χ4n) is 2.91. The number of benzene rings is 1. The molecule has 3 rings (SSSR count). The lowest BCUT2D eigenvalue weighted by Gasteiger charge is -2.07. The molecule has 1 N–H and O–H groups in total. The fourth-order valence-corrected chi connectivity index (χ4v) is 2.91. The molecule has 0 radical (unpaired) electrons. The van der Waals surface area contributed by atoms with Crippen LogP contribution in [0.3, 0.4) is 0 Å². The minimum atomic E-state index is -4.37. The van der Waals surface area contributed by atoms with Crippen LogP contribution in [-0.2, 0) is 27.2 Å². The van der Waals surface area contributed by atoms with Gasteiger partial charge in [0.2, 0.25) is 0 Å². The van der Waals surface area contributed by atoms with Crippen LogP contribution >= 0.6 is 0 Å². The van der Waals surface area contributed by atoms with Crippen LogP contribution in [-0.4, -0.2) is 23.9 Å². The second kappa shape index (κ2) is 9.06. The molecular weight excluding hydrogens is 401 g/mol. The first kappa shape index (κ1) is 21.5. The number of rotatable bonds is 7. The Balaban J connectivity index is 1.51. The molecule has 9 heteroatoms. The van der Waals surface area contributed by atoms with Crippen molar-refractivity contribution < 1.29 is 37.3 Å². The van der Waals surface area contributed by atoms with Crippen LogP contribution in [0, 0.1) is 5.92 Å². The van der Waals surface area contributed by atoms with Gasteiger partial charge >= 0.3 is 12.1 Å². The molecule has 0 bridgehead atoms. The summed E-state index contributed by atoms with van der Waals surface area (Å²) in [6.07, 6.45) is -2.19. The van der Waals surface area contributed by atoms with Crippen molar-refractivity contribution in [1.82, 2.24) is 0 Å². The molecule has 6 nitrogen and oxygen atoms in total. The van der Waals surface area contributed by atoms with Crippen molar-refractivity contribution in [2.75, 3.05) is 6.61 Å². The van der Waals surface area contributed by atoms with E-state index in [-0.39, 0.29) is 37.6 Å². The van der Waals surface area contributed by atoms with Crippen LogP contribution < -0.4 is 9.72 Å². The monoisotopic (exact) mass is 421 g/mol. The van der Waals surface area contributed by atoms with Crippen LogP contribution in [0.4, 0.5) is 13.2 Å². The van der Waals surface area contributed by atoms with Gasteiger partial charge in [-0.05, 0) is 30.7 Å². The number of carbonyl (C=O) groups excluding carboxylic acids is 2. The molecule has 2 aromatic rings. The third-order valence-corrected chi connectivity index (χ3v) is 4.72. The molecule has 1 heterocycles. The number of carbonyl (C=O) groups is 2. The average molecular weight is 421 g/mol. The second-order valence-corrected chi connectivity index (χ2v) is 6.88. The van der Waals surface area contributed by atoms with Crippen LogP contribution in [0.5, 0.6) is 5.88 Å². The maximum Gasteiger partial charge on any atom is 0.416 e. The highest BCUT2D eigenvalue weighted by atomic mass is 19.4. The summed E-state index contributed by atoms with van der Waals surface area (Å²) in [4.78, 5) is 31.4. The van der Waals surface area contributed by atoms with Crippen molar-refractivity contribution in [3.8, 4) is 5.88 Å². The third kappa shape index (κ3) is 5.43. The first-order chi connectivity index (χ1) is 14.2. The smallest absolute Gasteiger partial charge is 0.416 e. The molecule has 1 fully saturated rings. The predicted octanol–water partition coefficient (Wildman–Crippen LogP) is 3.39. The third-order valence-electron chi connectivity index (χ3n) is 4.72. The number of aromatic amines is 1. The number of Topliss-reactive ketones (excluding diaryl/α,β-unsaturated/α-hetero) is 2. The summed E-state index contributed by atoms with van der Waals surface area (Å²) in [5.41, 5.74) is 1.10. The zero-order valence-electron chi connectivity index (χ0n) is 16.2. The maximum atomic E-state index is 12.6. The Bertz CT molecular complexity index is 922. The Kier molecular flexibility index (Phi) is 6.49. The molecule has 0 amide bonds. The van der Waals surface area contributed by atoms with E-state index in [1.807, 2.05) is 0 Å². The van der Waals surface area contributed by atoms with Crippen LogP contribution in [0.2, 0.25) is 0 Å². The first-order valence-electron chi connectivity index (χ1n) is 9.27. The SMILES string of the molecule is C/C(=N\OCc1ccc(C(F)(F)F)cc1)c1ccc(OCC2C(=O)CCC2=O)[nH+]c1. The number of nitrogens with zero attached hydrogens (tertiary/aromatic N) is 1. The highest BCUT2D eigenvalue weighted by Gasteiger charge is 2.33. The number of nitrogens with one attached hydrogen (secondary N) is 1. The maximum absolute atomic E-state index is 12.6. The summed E-state index contributed by atoms with van der Waals surface area (Å²) in [5.74, 6) is -0.473. The Morgan fingerprint density at radius 1 is 1.10 bits per heavy atom. The van der Waals surface area contributed by atoms with Crippen LogP contribution in [0.25, 0.3) is 0 Å². The van der Waals surface area contributed by atoms with E-state index in [2.05, 4.69) is 10.1 Å². The number of alkyl halides is 3. The van der Waals surface area contributed by atoms with Gasteiger partial charge in [-0.3, -0.25) is 9.59 Å². The average Bonchev–Trinajstić information content (AvgIpc) is 3.04. The highest BCUT2D eigenvalue weighted by Crippen LogP contribution is 2.29. The number of pyridine rings is 1. The predicted molar refractivity (Wildman–Crippen MR) is 99.7 cm³/mol. The van der Waals surface area contributed by atoms with Crippen LogP contribution in [0.15, 0.2) is 47.8 Å². The number of ketones is 2. The molecule has 0 unspecified atom stereocenters. The summed E-state index contributed by atoms with van der Waals surface area (Å²) >= 11 is 0. The second-order valence-electron chi connectivity index (χ2n) is 6.88. The van der Waals surface area contributed by atoms with Gasteiger partial charge in [0.25, 0.3) is 0 Å². The summed E-state index contributed by atoms with van der Waals surface area (Å²) in [5, 5.41) is 3.96. The van der Waals surface area contributed by atoms with Crippen molar-refractivity contribution in [3.05, 3.63) is 59.3 Å². The summed E-state index contributed by atoms with van der Waals surface area (Å²) in [6.45, 7) is 1.76. The van der Waals surface area contributed by atoms with E-state index >= 15 is 0 Å². The topological polar surface area (TPSA) is 79.1 Å². The minimum absolute atomic E-state index is 0.0107. The van der Waals surface area contributed by atoms with E-state index in [1.165, 1.54) is 12.1 Å². The lowest BCUT2D eigenvalue weighted by atomic mass is 10.1. The molecular formula is C21H20F3N2O4+. The molecule has 0 saturated heterocycles. The molecule has 1 aliphatic carbocycles. The normalized spacial score (nSPS) is 15.5. The molecule has 0 spiro atoms. The van der Waals surface area contributed by atoms with Gasteiger partial charge in [0.1, 0.15) is 30.7 Å². The molecule has 1 saturated carbocycles. The zero-order chi connectivity index (χ0) is 21.7. The Hall–Kier alpha value is -3.23. The number of aromatic nitrogens is 1. The Morgan fingerprint density at radius 3 is 2.33 bits per heavy atom. The van der Waals surface area contributed by atoms with E-state index < -0.39 is 17.7 Å². The standard InChI is InChI=1S/C21H19F3N2O4/c1-13(26-30-11-14-2-5-16(6-3-14)21(22,23)24)15-4-9-20(25-10-15)29-12-17-18(27)7-8-19(17)28/h2-6,9-10,17H,7-8,11-12H2,1H3/p+1/b26-13+. The van der Waals surface area contributed by atoms with E-state index in [0.717, 1.165) is 12.1 Å². The lowest BCUT2D eigenvalue weighted by molar-refractivity contribution is -0.394. The highest BCUT2D eigenvalue weighted by molar-refractivity contribution is 6.08. The summed E-state index contributed by atoms with van der Waals surface area (Å²) in [7, 11) is 0. The minimum Gasteiger partial charge on any atom is -0.443 e. The largest absolute Gasteiger partial charge is 0.443 e. The van der Waals surface area contributed by atoms with Crippen molar-refractivity contribution in [2.45, 2.75) is 32.5 Å². The molecule has 1 aromatic carbocycles. The lowest BCUT2D eigenvalue weighted by Crippen LogP contribution is -2.24. The van der Waals surface area contributed by atoms with E-state index in [0.29, 0.717) is 22.7 Å². The van der Waals surface area contributed by atoms with Gasteiger partial charge in [0, 0.05) is 12.8 Å². The zero-order valence-corrected chi connectivity index (χ0v) is 16.2. The van der Waals surface area contributed by atoms with Crippen molar-refractivity contribution in [2.24, 2.45) is 11.1 Å². The summed E-state index contributed by atoms with van der Waals surface area (Å²) in [6, 6.07) is 8.05. The number of hydrogen-bond donors (Lipinski definition) is 0. The number of halogens is 3. The number of H-pyrrole nitrogens is 1. The van der Waals surface area contributed by atoms with Gasteiger partial charge in [-0.25, -0.2) is 0 Å². The number of hydrogen-bond acceptors (Lipinski definition) is 5. The van der Waals surface area contributed by atoms with E-state index in [1.54, 1.807) is 25.3 Å². The molecule has 0 atom stereocenters. The van der Waals surface area contributed by atoms with E-state index in [4.69, 9.17) is 9.57 Å². The quantitative estimate of drug-likeness (QED) is 0.390. The van der Waals surface area contributed by atoms with Crippen molar-refractivity contribution in [3.63, 3.8) is 0 Å². The van der Waals surface area contributed by atoms with Gasteiger partial charge < -0.3 is 9.57 Å². The first-order valence-corrected chi connectivity index (χ1v) is 9.27. The van der Waals surface area contributed by atoms with Gasteiger partial charge in [-0.2, -0.15) is 18.2 Å². The van der Waals surface area contributed by atoms with Crippen LogP contribution in [0.1, 0.15) is 36.5 Å². The van der Waals surface area contributed by atoms with Crippen molar-refractivity contribution in [1.29, 1.82) is 0 Å². The van der Waals surface area contributed by atoms with Gasteiger partial charge in [0.15, 0.2) is 6.20 Å². The number of oxime groups is 1. The molecule has 30 heavy (non-hydrogen) atoms. The Morgan fingerprint density at radius 2 is 1.77 bits per heavy atom.